The first-order valence-corrected chi connectivity index (χ1v) is 7.62. The standard InChI is InChI=1S/C15H29N3O/c1-13(19)18-10-9-17(11-14(2,3)16)12-15(18)7-5-4-6-8-15/h4-12,16H2,1-3H3. The molecule has 4 heteroatoms. The van der Waals surface area contributed by atoms with Gasteiger partial charge in [-0.3, -0.25) is 9.69 Å². The minimum absolute atomic E-state index is 0.0909. The van der Waals surface area contributed by atoms with Crippen molar-refractivity contribution in [3.63, 3.8) is 0 Å². The molecule has 2 aliphatic rings. The van der Waals surface area contributed by atoms with Crippen LogP contribution in [0.4, 0.5) is 0 Å². The molecule has 1 amide bonds. The van der Waals surface area contributed by atoms with E-state index in [2.05, 4.69) is 23.6 Å². The smallest absolute Gasteiger partial charge is 0.219 e. The Hall–Kier alpha value is -0.610. The Morgan fingerprint density at radius 2 is 1.84 bits per heavy atom. The summed E-state index contributed by atoms with van der Waals surface area (Å²) in [6.07, 6.45) is 6.14. The van der Waals surface area contributed by atoms with Crippen molar-refractivity contribution < 1.29 is 4.79 Å². The van der Waals surface area contributed by atoms with E-state index in [1.165, 1.54) is 19.3 Å². The zero-order valence-corrected chi connectivity index (χ0v) is 12.7. The van der Waals surface area contributed by atoms with Gasteiger partial charge in [-0.05, 0) is 26.7 Å². The monoisotopic (exact) mass is 267 g/mol. The summed E-state index contributed by atoms with van der Waals surface area (Å²) in [6, 6.07) is 0. The maximum Gasteiger partial charge on any atom is 0.219 e. The van der Waals surface area contributed by atoms with E-state index in [0.717, 1.165) is 39.0 Å². The molecule has 0 aromatic rings. The highest BCUT2D eigenvalue weighted by atomic mass is 16.2. The van der Waals surface area contributed by atoms with Crippen molar-refractivity contribution in [2.45, 2.75) is 64.0 Å². The third-order valence-corrected chi connectivity index (χ3v) is 4.53. The molecule has 19 heavy (non-hydrogen) atoms. The van der Waals surface area contributed by atoms with Crippen molar-refractivity contribution in [2.75, 3.05) is 26.2 Å². The van der Waals surface area contributed by atoms with Gasteiger partial charge in [0.2, 0.25) is 5.91 Å². The fourth-order valence-electron chi connectivity index (χ4n) is 3.90. The molecule has 0 aromatic carbocycles. The van der Waals surface area contributed by atoms with Crippen LogP contribution in [0, 0.1) is 0 Å². The Kier molecular flexibility index (Phi) is 4.21. The maximum atomic E-state index is 11.9. The highest BCUT2D eigenvalue weighted by Crippen LogP contribution is 2.36. The van der Waals surface area contributed by atoms with Gasteiger partial charge in [-0.1, -0.05) is 19.3 Å². The van der Waals surface area contributed by atoms with Crippen LogP contribution >= 0.6 is 0 Å². The number of rotatable bonds is 2. The molecule has 2 rings (SSSR count). The van der Waals surface area contributed by atoms with E-state index in [1.54, 1.807) is 6.92 Å². The molecule has 0 unspecified atom stereocenters. The highest BCUT2D eigenvalue weighted by Gasteiger charge is 2.43. The summed E-state index contributed by atoms with van der Waals surface area (Å²) in [6.45, 7) is 9.63. The van der Waals surface area contributed by atoms with Crippen molar-refractivity contribution >= 4 is 5.91 Å². The molecule has 0 bridgehead atoms. The summed E-state index contributed by atoms with van der Waals surface area (Å²) in [7, 11) is 0. The summed E-state index contributed by atoms with van der Waals surface area (Å²) in [5.41, 5.74) is 6.09. The molecule has 1 saturated heterocycles. The van der Waals surface area contributed by atoms with E-state index in [0.29, 0.717) is 0 Å². The molecular weight excluding hydrogens is 238 g/mol. The van der Waals surface area contributed by atoms with E-state index in [4.69, 9.17) is 5.73 Å². The first-order chi connectivity index (χ1) is 8.82. The van der Waals surface area contributed by atoms with Crippen molar-refractivity contribution in [3.05, 3.63) is 0 Å². The maximum absolute atomic E-state index is 11.9. The zero-order chi connectivity index (χ0) is 14.1. The Morgan fingerprint density at radius 1 is 1.21 bits per heavy atom. The Labute approximate surface area is 117 Å². The van der Waals surface area contributed by atoms with Crippen molar-refractivity contribution in [1.82, 2.24) is 9.80 Å². The van der Waals surface area contributed by atoms with Gasteiger partial charge < -0.3 is 10.6 Å². The first kappa shape index (κ1) is 14.8. The van der Waals surface area contributed by atoms with Gasteiger partial charge in [-0.25, -0.2) is 0 Å². The summed E-state index contributed by atoms with van der Waals surface area (Å²) in [5.74, 6) is 0.244. The summed E-state index contributed by atoms with van der Waals surface area (Å²) < 4.78 is 0. The molecule has 0 aromatic heterocycles. The van der Waals surface area contributed by atoms with Gasteiger partial charge in [0.05, 0.1) is 5.54 Å². The second kappa shape index (κ2) is 5.41. The van der Waals surface area contributed by atoms with E-state index in [1.807, 2.05) is 0 Å². The van der Waals surface area contributed by atoms with Gasteiger partial charge in [0.25, 0.3) is 0 Å². The number of nitrogens with two attached hydrogens (primary N) is 1. The van der Waals surface area contributed by atoms with Crippen LogP contribution in [0.5, 0.6) is 0 Å². The Bertz CT molecular complexity index is 329. The van der Waals surface area contributed by atoms with Crippen LogP contribution in [0.2, 0.25) is 0 Å². The third-order valence-electron chi connectivity index (χ3n) is 4.53. The first-order valence-electron chi connectivity index (χ1n) is 7.62. The summed E-state index contributed by atoms with van der Waals surface area (Å²) in [4.78, 5) is 16.6. The summed E-state index contributed by atoms with van der Waals surface area (Å²) >= 11 is 0. The van der Waals surface area contributed by atoms with Gasteiger partial charge in [0.15, 0.2) is 0 Å². The highest BCUT2D eigenvalue weighted by molar-refractivity contribution is 5.74. The second-order valence-electron chi connectivity index (χ2n) is 7.15. The molecule has 0 radical (unpaired) electrons. The van der Waals surface area contributed by atoms with Gasteiger partial charge >= 0.3 is 0 Å². The van der Waals surface area contributed by atoms with Crippen molar-refractivity contribution in [3.8, 4) is 0 Å². The van der Waals surface area contributed by atoms with Crippen LogP contribution in [-0.4, -0.2) is 53.0 Å². The van der Waals surface area contributed by atoms with Crippen LogP contribution in [-0.2, 0) is 4.79 Å². The Balaban J connectivity index is 2.11. The largest absolute Gasteiger partial charge is 0.335 e. The SMILES string of the molecule is CC(=O)N1CCN(CC(C)(C)N)CC12CCCCC2. The fraction of sp³-hybridized carbons (Fsp3) is 0.933. The van der Waals surface area contributed by atoms with Crippen molar-refractivity contribution in [1.29, 1.82) is 0 Å². The quantitative estimate of drug-likeness (QED) is 0.826. The van der Waals surface area contributed by atoms with Crippen LogP contribution in [0.15, 0.2) is 0 Å². The predicted molar refractivity (Wildman–Crippen MR) is 77.9 cm³/mol. The van der Waals surface area contributed by atoms with Crippen molar-refractivity contribution in [2.24, 2.45) is 5.73 Å². The molecular formula is C15H29N3O. The minimum atomic E-state index is -0.158. The molecule has 4 nitrogen and oxygen atoms in total. The molecule has 0 atom stereocenters. The van der Waals surface area contributed by atoms with Gasteiger partial charge in [-0.15, -0.1) is 0 Å². The lowest BCUT2D eigenvalue weighted by Crippen LogP contribution is -2.65. The van der Waals surface area contributed by atoms with Crippen LogP contribution < -0.4 is 5.73 Å². The molecule has 1 heterocycles. The summed E-state index contributed by atoms with van der Waals surface area (Å²) in [5, 5.41) is 0. The topological polar surface area (TPSA) is 49.6 Å². The lowest BCUT2D eigenvalue weighted by Gasteiger charge is -2.53. The molecule has 2 N–H and O–H groups in total. The van der Waals surface area contributed by atoms with E-state index < -0.39 is 0 Å². The van der Waals surface area contributed by atoms with E-state index >= 15 is 0 Å². The predicted octanol–water partition coefficient (Wildman–Crippen LogP) is 1.59. The Morgan fingerprint density at radius 3 is 2.37 bits per heavy atom. The number of amides is 1. The van der Waals surface area contributed by atoms with Crippen LogP contribution in [0.3, 0.4) is 0 Å². The number of nitrogens with zero attached hydrogens (tertiary/aromatic N) is 2. The molecule has 2 fully saturated rings. The fourth-order valence-corrected chi connectivity index (χ4v) is 3.90. The number of hydrogen-bond acceptors (Lipinski definition) is 3. The number of carbonyl (C=O) groups is 1. The lowest BCUT2D eigenvalue weighted by molar-refractivity contribution is -0.142. The normalized spacial score (nSPS) is 24.7. The number of carbonyl (C=O) groups excluding carboxylic acids is 1. The van der Waals surface area contributed by atoms with Gasteiger partial charge in [0.1, 0.15) is 0 Å². The molecule has 1 saturated carbocycles. The molecule has 110 valence electrons. The van der Waals surface area contributed by atoms with Crippen LogP contribution in [0.25, 0.3) is 0 Å². The number of hydrogen-bond donors (Lipinski definition) is 1. The molecule has 1 aliphatic heterocycles. The van der Waals surface area contributed by atoms with E-state index in [-0.39, 0.29) is 17.0 Å². The minimum Gasteiger partial charge on any atom is -0.335 e. The second-order valence-corrected chi connectivity index (χ2v) is 7.15. The van der Waals surface area contributed by atoms with Crippen LogP contribution in [0.1, 0.15) is 52.9 Å². The average Bonchev–Trinajstić information content (AvgIpc) is 2.27. The lowest BCUT2D eigenvalue weighted by atomic mass is 9.78. The zero-order valence-electron chi connectivity index (χ0n) is 12.7. The molecule has 1 aliphatic carbocycles. The van der Waals surface area contributed by atoms with E-state index in [9.17, 15) is 4.79 Å². The third kappa shape index (κ3) is 3.48. The molecule has 1 spiro atoms. The van der Waals surface area contributed by atoms with Gasteiger partial charge in [-0.2, -0.15) is 0 Å². The number of piperazine rings is 1. The average molecular weight is 267 g/mol. The van der Waals surface area contributed by atoms with Gasteiger partial charge in [0, 0.05) is 38.6 Å².